The van der Waals surface area contributed by atoms with Crippen LogP contribution < -0.4 is 0 Å². The Balaban J connectivity index is 3.39. The fourth-order valence-electron chi connectivity index (χ4n) is 3.18. The van der Waals surface area contributed by atoms with Crippen molar-refractivity contribution in [1.29, 1.82) is 0 Å². The summed E-state index contributed by atoms with van der Waals surface area (Å²) in [6, 6.07) is 1.33. The Hall–Kier alpha value is 0.177. The second-order valence-corrected chi connectivity index (χ2v) is 12.0. The summed E-state index contributed by atoms with van der Waals surface area (Å²) < 4.78 is 6.36. The van der Waals surface area contributed by atoms with E-state index in [1.807, 2.05) is 0 Å². The van der Waals surface area contributed by atoms with Crippen LogP contribution in [0.2, 0.25) is 19.1 Å². The van der Waals surface area contributed by atoms with Crippen LogP contribution in [0.1, 0.15) is 104 Å². The van der Waals surface area contributed by atoms with Crippen LogP contribution in [-0.2, 0) is 4.43 Å². The molecule has 0 aromatic heterocycles. The highest BCUT2D eigenvalue weighted by Gasteiger charge is 2.23. The zero-order chi connectivity index (χ0) is 16.7. The van der Waals surface area contributed by atoms with E-state index in [4.69, 9.17) is 4.43 Å². The molecule has 0 N–H and O–H groups in total. The van der Waals surface area contributed by atoms with Crippen LogP contribution in [0, 0.1) is 0 Å². The molecular formula is C20H44OSi. The number of hydrogen-bond acceptors (Lipinski definition) is 1. The van der Waals surface area contributed by atoms with E-state index in [-0.39, 0.29) is 0 Å². The van der Waals surface area contributed by atoms with Gasteiger partial charge in [0.2, 0.25) is 0 Å². The van der Waals surface area contributed by atoms with Gasteiger partial charge in [-0.05, 0) is 32.5 Å². The minimum atomic E-state index is -1.38. The lowest BCUT2D eigenvalue weighted by Crippen LogP contribution is -2.34. The summed E-state index contributed by atoms with van der Waals surface area (Å²) in [6.07, 6.45) is 18.6. The van der Waals surface area contributed by atoms with E-state index < -0.39 is 8.32 Å². The molecule has 0 saturated heterocycles. The molecule has 0 radical (unpaired) electrons. The second kappa shape index (κ2) is 14.7. The Bertz CT molecular complexity index is 228. The highest BCUT2D eigenvalue weighted by atomic mass is 28.4. The quantitative estimate of drug-likeness (QED) is 0.208. The summed E-state index contributed by atoms with van der Waals surface area (Å²) in [7, 11) is -1.38. The first-order valence-corrected chi connectivity index (χ1v) is 13.3. The first-order chi connectivity index (χ1) is 10.5. The molecule has 2 heteroatoms. The summed E-state index contributed by atoms with van der Waals surface area (Å²) >= 11 is 0. The average molecular weight is 329 g/mol. The maximum Gasteiger partial charge on any atom is 0.187 e. The number of unbranched alkanes of at least 4 members (excludes halogenated alkanes) is 10. The normalized spacial score (nSPS) is 13.5. The Kier molecular flexibility index (Phi) is 14.9. The van der Waals surface area contributed by atoms with Gasteiger partial charge >= 0.3 is 0 Å². The average Bonchev–Trinajstić information content (AvgIpc) is 2.46. The lowest BCUT2D eigenvalue weighted by molar-refractivity contribution is 0.195. The number of rotatable bonds is 16. The Morgan fingerprint density at radius 1 is 0.682 bits per heavy atom. The van der Waals surface area contributed by atoms with E-state index in [0.29, 0.717) is 6.10 Å². The maximum absolute atomic E-state index is 6.36. The molecule has 0 saturated carbocycles. The van der Waals surface area contributed by atoms with E-state index in [0.717, 1.165) is 0 Å². The van der Waals surface area contributed by atoms with Gasteiger partial charge in [0, 0.05) is 6.10 Å². The van der Waals surface area contributed by atoms with Gasteiger partial charge in [0.15, 0.2) is 8.32 Å². The molecule has 0 heterocycles. The SMILES string of the molecule is CCCCCCCCCCCCC(C)O[Si](C)(C)CCCC. The first kappa shape index (κ1) is 22.2. The summed E-state index contributed by atoms with van der Waals surface area (Å²) in [5.41, 5.74) is 0. The molecule has 0 aliphatic heterocycles. The van der Waals surface area contributed by atoms with E-state index >= 15 is 0 Å². The molecule has 1 atom stereocenters. The largest absolute Gasteiger partial charge is 0.415 e. The number of hydrogen-bond donors (Lipinski definition) is 0. The fraction of sp³-hybridized carbons (Fsp3) is 1.00. The Labute approximate surface area is 142 Å². The van der Waals surface area contributed by atoms with Crippen molar-refractivity contribution in [2.75, 3.05) is 0 Å². The molecule has 0 aromatic carbocycles. The van der Waals surface area contributed by atoms with Gasteiger partial charge in [0.05, 0.1) is 0 Å². The third-order valence-electron chi connectivity index (χ3n) is 4.62. The van der Waals surface area contributed by atoms with E-state index in [1.165, 1.54) is 89.5 Å². The summed E-state index contributed by atoms with van der Waals surface area (Å²) in [5.74, 6) is 0. The van der Waals surface area contributed by atoms with Crippen molar-refractivity contribution in [2.45, 2.75) is 129 Å². The maximum atomic E-state index is 6.36. The Morgan fingerprint density at radius 3 is 1.64 bits per heavy atom. The van der Waals surface area contributed by atoms with E-state index in [1.54, 1.807) is 0 Å². The van der Waals surface area contributed by atoms with Crippen LogP contribution in [0.25, 0.3) is 0 Å². The van der Waals surface area contributed by atoms with E-state index in [9.17, 15) is 0 Å². The van der Waals surface area contributed by atoms with Gasteiger partial charge in [-0.25, -0.2) is 0 Å². The predicted molar refractivity (Wildman–Crippen MR) is 104 cm³/mol. The lowest BCUT2D eigenvalue weighted by atomic mass is 10.1. The monoisotopic (exact) mass is 328 g/mol. The van der Waals surface area contributed by atoms with Crippen molar-refractivity contribution in [2.24, 2.45) is 0 Å². The molecule has 1 nitrogen and oxygen atoms in total. The fourth-order valence-corrected chi connectivity index (χ4v) is 5.71. The molecule has 0 aliphatic rings. The van der Waals surface area contributed by atoms with Gasteiger partial charge in [-0.15, -0.1) is 0 Å². The highest BCUT2D eigenvalue weighted by molar-refractivity contribution is 6.71. The van der Waals surface area contributed by atoms with Crippen molar-refractivity contribution in [3.05, 3.63) is 0 Å². The molecule has 0 fully saturated rings. The van der Waals surface area contributed by atoms with Crippen LogP contribution in [0.4, 0.5) is 0 Å². The molecule has 0 spiro atoms. The summed E-state index contributed by atoms with van der Waals surface area (Å²) in [5, 5.41) is 0. The molecule has 0 aromatic rings. The van der Waals surface area contributed by atoms with Crippen LogP contribution in [0.5, 0.6) is 0 Å². The van der Waals surface area contributed by atoms with Gasteiger partial charge in [-0.2, -0.15) is 0 Å². The molecule has 22 heavy (non-hydrogen) atoms. The van der Waals surface area contributed by atoms with Gasteiger partial charge in [0.25, 0.3) is 0 Å². The van der Waals surface area contributed by atoms with Crippen molar-refractivity contribution in [1.82, 2.24) is 0 Å². The third-order valence-corrected chi connectivity index (χ3v) is 7.21. The molecule has 0 aliphatic carbocycles. The van der Waals surface area contributed by atoms with Gasteiger partial charge in [0.1, 0.15) is 0 Å². The van der Waals surface area contributed by atoms with Crippen molar-refractivity contribution in [3.63, 3.8) is 0 Å². The zero-order valence-corrected chi connectivity index (χ0v) is 17.4. The standard InChI is InChI=1S/C20H44OSi/c1-6-8-10-11-12-13-14-15-16-17-18-20(3)21-22(4,5)19-9-7-2/h20H,6-19H2,1-5H3. The lowest BCUT2D eigenvalue weighted by Gasteiger charge is -2.27. The minimum absolute atomic E-state index is 0.479. The smallest absolute Gasteiger partial charge is 0.187 e. The molecule has 0 amide bonds. The van der Waals surface area contributed by atoms with Crippen LogP contribution in [-0.4, -0.2) is 14.4 Å². The summed E-state index contributed by atoms with van der Waals surface area (Å²) in [4.78, 5) is 0. The first-order valence-electron chi connectivity index (χ1n) is 10.2. The summed E-state index contributed by atoms with van der Waals surface area (Å²) in [6.45, 7) is 11.6. The van der Waals surface area contributed by atoms with Gasteiger partial charge < -0.3 is 4.43 Å². The molecule has 1 unspecified atom stereocenters. The zero-order valence-electron chi connectivity index (χ0n) is 16.4. The van der Waals surface area contributed by atoms with Crippen LogP contribution >= 0.6 is 0 Å². The van der Waals surface area contributed by atoms with Crippen molar-refractivity contribution in [3.8, 4) is 0 Å². The topological polar surface area (TPSA) is 9.23 Å². The van der Waals surface area contributed by atoms with E-state index in [2.05, 4.69) is 33.9 Å². The third kappa shape index (κ3) is 15.1. The molecule has 0 bridgehead atoms. The second-order valence-electron chi connectivity index (χ2n) is 7.76. The molecular weight excluding hydrogens is 284 g/mol. The highest BCUT2D eigenvalue weighted by Crippen LogP contribution is 2.20. The molecule has 0 rings (SSSR count). The minimum Gasteiger partial charge on any atom is -0.415 e. The van der Waals surface area contributed by atoms with Crippen molar-refractivity contribution < 1.29 is 4.43 Å². The predicted octanol–water partition coefficient (Wildman–Crippen LogP) is 7.71. The van der Waals surface area contributed by atoms with Gasteiger partial charge in [-0.3, -0.25) is 0 Å². The van der Waals surface area contributed by atoms with Crippen LogP contribution in [0.15, 0.2) is 0 Å². The Morgan fingerprint density at radius 2 is 1.14 bits per heavy atom. The van der Waals surface area contributed by atoms with Gasteiger partial charge in [-0.1, -0.05) is 90.9 Å². The van der Waals surface area contributed by atoms with Crippen molar-refractivity contribution >= 4 is 8.32 Å². The molecule has 134 valence electrons. The van der Waals surface area contributed by atoms with Crippen LogP contribution in [0.3, 0.4) is 0 Å².